The molecule has 1 spiro atoms. The van der Waals surface area contributed by atoms with Gasteiger partial charge in [0.15, 0.2) is 0 Å². The maximum Gasteiger partial charge on any atom is 0.0129 e. The van der Waals surface area contributed by atoms with Crippen molar-refractivity contribution in [3.63, 3.8) is 0 Å². The van der Waals surface area contributed by atoms with Crippen molar-refractivity contribution < 1.29 is 0 Å². The Kier molecular flexibility index (Phi) is 2.57. The number of nitrogens with two attached hydrogens (primary N) is 1. The largest absolute Gasteiger partial charge is 0.327 e. The molecule has 0 aromatic heterocycles. The highest BCUT2D eigenvalue weighted by molar-refractivity contribution is 5.85. The Labute approximate surface area is 105 Å². The van der Waals surface area contributed by atoms with Gasteiger partial charge in [-0.05, 0) is 67.6 Å². The van der Waals surface area contributed by atoms with Crippen LogP contribution in [0, 0.1) is 29.1 Å². The smallest absolute Gasteiger partial charge is 0.0129 e. The molecule has 0 heterocycles. The van der Waals surface area contributed by atoms with Gasteiger partial charge in [0, 0.05) is 6.04 Å². The molecule has 5 saturated carbocycles. The van der Waals surface area contributed by atoms with E-state index in [2.05, 4.69) is 0 Å². The molecular formula is C14H24ClN. The Morgan fingerprint density at radius 2 is 1.56 bits per heavy atom. The van der Waals surface area contributed by atoms with Gasteiger partial charge in [-0.3, -0.25) is 0 Å². The molecule has 5 aliphatic rings. The second-order valence-electron chi connectivity index (χ2n) is 6.83. The van der Waals surface area contributed by atoms with E-state index in [1.54, 1.807) is 0 Å². The van der Waals surface area contributed by atoms with Crippen molar-refractivity contribution in [1.82, 2.24) is 0 Å². The van der Waals surface area contributed by atoms with Crippen LogP contribution in [0.3, 0.4) is 0 Å². The SMILES string of the molecule is Cl.N[C@@H]1[C@@H]2CC[C@@H](C2)C12CC1CCC2CC1. The number of hydrogen-bond acceptors (Lipinski definition) is 1. The number of fused-ring (bicyclic) bond motifs is 4. The maximum atomic E-state index is 6.62. The van der Waals surface area contributed by atoms with Crippen molar-refractivity contribution in [1.29, 1.82) is 0 Å². The van der Waals surface area contributed by atoms with Crippen LogP contribution in [0.25, 0.3) is 0 Å². The first-order chi connectivity index (χ1) is 7.30. The van der Waals surface area contributed by atoms with Gasteiger partial charge in [-0.2, -0.15) is 0 Å². The average molecular weight is 242 g/mol. The molecule has 5 rings (SSSR count). The van der Waals surface area contributed by atoms with Crippen LogP contribution in [0.4, 0.5) is 0 Å². The lowest BCUT2D eigenvalue weighted by molar-refractivity contribution is -0.0550. The standard InChI is InChI=1S/C14H23N.ClH/c15-13-10-3-6-12(7-10)14(13)8-9-1-4-11(14)5-2-9;/h9-13H,1-8,15H2;1H/t9?,10-,11?,12+,13-,14?;/m1./s1. The molecular weight excluding hydrogens is 218 g/mol. The van der Waals surface area contributed by atoms with Crippen LogP contribution in [0.2, 0.25) is 0 Å². The van der Waals surface area contributed by atoms with Crippen LogP contribution in [0.5, 0.6) is 0 Å². The summed E-state index contributed by atoms with van der Waals surface area (Å²) in [5.41, 5.74) is 7.26. The molecule has 2 heteroatoms. The van der Waals surface area contributed by atoms with Crippen LogP contribution in [-0.4, -0.2) is 6.04 Å². The van der Waals surface area contributed by atoms with Crippen LogP contribution >= 0.6 is 12.4 Å². The maximum absolute atomic E-state index is 6.62. The second-order valence-corrected chi connectivity index (χ2v) is 6.83. The first kappa shape index (κ1) is 11.3. The van der Waals surface area contributed by atoms with E-state index in [4.69, 9.17) is 5.73 Å². The molecule has 0 aliphatic heterocycles. The summed E-state index contributed by atoms with van der Waals surface area (Å²) in [4.78, 5) is 0. The minimum atomic E-state index is 0. The van der Waals surface area contributed by atoms with Gasteiger partial charge in [-0.15, -0.1) is 12.4 Å². The molecule has 0 aromatic rings. The van der Waals surface area contributed by atoms with Gasteiger partial charge < -0.3 is 5.73 Å². The van der Waals surface area contributed by atoms with Crippen molar-refractivity contribution >= 4 is 12.4 Å². The third kappa shape index (κ3) is 1.17. The molecule has 1 nitrogen and oxygen atoms in total. The minimum absolute atomic E-state index is 0. The van der Waals surface area contributed by atoms with Crippen molar-refractivity contribution in [3.05, 3.63) is 0 Å². The van der Waals surface area contributed by atoms with Crippen LogP contribution in [-0.2, 0) is 0 Å². The van der Waals surface area contributed by atoms with Gasteiger partial charge in [0.2, 0.25) is 0 Å². The highest BCUT2D eigenvalue weighted by Crippen LogP contribution is 2.67. The number of halogens is 1. The van der Waals surface area contributed by atoms with E-state index >= 15 is 0 Å². The fraction of sp³-hybridized carbons (Fsp3) is 1.00. The molecule has 5 fully saturated rings. The zero-order valence-electron chi connectivity index (χ0n) is 10.0. The predicted octanol–water partition coefficient (Wildman–Crippen LogP) is 3.36. The van der Waals surface area contributed by atoms with E-state index in [1.807, 2.05) is 0 Å². The Balaban J connectivity index is 0.000000810. The lowest BCUT2D eigenvalue weighted by Gasteiger charge is -2.57. The zero-order chi connectivity index (χ0) is 10.0. The van der Waals surface area contributed by atoms with Crippen molar-refractivity contribution in [2.24, 2.45) is 34.8 Å². The van der Waals surface area contributed by atoms with Crippen LogP contribution < -0.4 is 5.73 Å². The highest BCUT2D eigenvalue weighted by atomic mass is 35.5. The quantitative estimate of drug-likeness (QED) is 0.692. The zero-order valence-corrected chi connectivity index (χ0v) is 10.8. The van der Waals surface area contributed by atoms with Crippen molar-refractivity contribution in [3.8, 4) is 0 Å². The first-order valence-corrected chi connectivity index (χ1v) is 7.06. The highest BCUT2D eigenvalue weighted by Gasteiger charge is 2.62. The monoisotopic (exact) mass is 241 g/mol. The molecule has 92 valence electrons. The van der Waals surface area contributed by atoms with Gasteiger partial charge in [-0.25, -0.2) is 0 Å². The van der Waals surface area contributed by atoms with Gasteiger partial charge in [0.05, 0.1) is 0 Å². The summed E-state index contributed by atoms with van der Waals surface area (Å²) in [6, 6.07) is 0.587. The third-order valence-electron chi connectivity index (χ3n) is 6.61. The minimum Gasteiger partial charge on any atom is -0.327 e. The first-order valence-electron chi connectivity index (χ1n) is 7.06. The molecule has 5 aliphatic carbocycles. The second kappa shape index (κ2) is 3.62. The Morgan fingerprint density at radius 1 is 0.875 bits per heavy atom. The molecule has 0 aromatic carbocycles. The topological polar surface area (TPSA) is 26.0 Å². The summed E-state index contributed by atoms with van der Waals surface area (Å²) in [5, 5.41) is 0. The van der Waals surface area contributed by atoms with Gasteiger partial charge in [0.25, 0.3) is 0 Å². The molecule has 4 bridgehead atoms. The summed E-state index contributed by atoms with van der Waals surface area (Å²) in [7, 11) is 0. The Hall–Kier alpha value is 0.250. The Morgan fingerprint density at radius 3 is 2.06 bits per heavy atom. The average Bonchev–Trinajstić information content (AvgIpc) is 2.85. The Bertz CT molecular complexity index is 280. The summed E-state index contributed by atoms with van der Waals surface area (Å²) in [5.74, 6) is 4.02. The molecule has 16 heavy (non-hydrogen) atoms. The predicted molar refractivity (Wildman–Crippen MR) is 68.6 cm³/mol. The van der Waals surface area contributed by atoms with E-state index in [9.17, 15) is 0 Å². The normalized spacial score (nSPS) is 57.9. The van der Waals surface area contributed by atoms with E-state index < -0.39 is 0 Å². The fourth-order valence-corrected chi connectivity index (χ4v) is 6.02. The summed E-state index contributed by atoms with van der Waals surface area (Å²) >= 11 is 0. The van der Waals surface area contributed by atoms with E-state index in [1.165, 1.54) is 51.4 Å². The molecule has 4 atom stereocenters. The van der Waals surface area contributed by atoms with Gasteiger partial charge in [0.1, 0.15) is 0 Å². The summed E-state index contributed by atoms with van der Waals surface area (Å²) in [6.07, 6.45) is 12.0. The van der Waals surface area contributed by atoms with Gasteiger partial charge >= 0.3 is 0 Å². The molecule has 0 saturated heterocycles. The summed E-state index contributed by atoms with van der Waals surface area (Å²) in [6.45, 7) is 0. The molecule has 0 radical (unpaired) electrons. The van der Waals surface area contributed by atoms with E-state index in [-0.39, 0.29) is 12.4 Å². The van der Waals surface area contributed by atoms with E-state index in [0.29, 0.717) is 11.5 Å². The van der Waals surface area contributed by atoms with Gasteiger partial charge in [-0.1, -0.05) is 12.8 Å². The van der Waals surface area contributed by atoms with Crippen LogP contribution in [0.15, 0.2) is 0 Å². The van der Waals surface area contributed by atoms with E-state index in [0.717, 1.165) is 23.7 Å². The lowest BCUT2D eigenvalue weighted by Crippen LogP contribution is -2.55. The number of rotatable bonds is 0. The molecule has 1 unspecified atom stereocenters. The summed E-state index contributed by atoms with van der Waals surface area (Å²) < 4.78 is 0. The third-order valence-corrected chi connectivity index (χ3v) is 6.61. The molecule has 0 amide bonds. The van der Waals surface area contributed by atoms with Crippen molar-refractivity contribution in [2.45, 2.75) is 57.4 Å². The lowest BCUT2D eigenvalue weighted by atomic mass is 9.49. The van der Waals surface area contributed by atoms with Crippen LogP contribution in [0.1, 0.15) is 51.4 Å². The number of hydrogen-bond donors (Lipinski definition) is 1. The molecule has 2 N–H and O–H groups in total. The van der Waals surface area contributed by atoms with Crippen molar-refractivity contribution in [2.75, 3.05) is 0 Å². The fourth-order valence-electron chi connectivity index (χ4n) is 6.02.